The van der Waals surface area contributed by atoms with E-state index in [1.165, 1.54) is 0 Å². The van der Waals surface area contributed by atoms with Gasteiger partial charge in [-0.25, -0.2) is 4.98 Å². The van der Waals surface area contributed by atoms with Crippen molar-refractivity contribution < 1.29 is 0 Å². The van der Waals surface area contributed by atoms with E-state index >= 15 is 0 Å². The molecule has 0 unspecified atom stereocenters. The molecule has 0 aliphatic rings. The van der Waals surface area contributed by atoms with Crippen molar-refractivity contribution in [3.8, 4) is 0 Å². The highest BCUT2D eigenvalue weighted by atomic mass is 15.1. The fourth-order valence-corrected chi connectivity index (χ4v) is 1.48. The lowest BCUT2D eigenvalue weighted by Crippen LogP contribution is -2.10. The molecule has 0 aliphatic carbocycles. The topological polar surface area (TPSA) is 49.8 Å². The maximum Gasteiger partial charge on any atom is 0.229 e. The minimum Gasteiger partial charge on any atom is -0.370 e. The van der Waals surface area contributed by atoms with Gasteiger partial charge in [0.05, 0.1) is 0 Å². The molecule has 2 N–H and O–H groups in total. The first-order valence-electron chi connectivity index (χ1n) is 6.13. The minimum atomic E-state index is 0.588. The van der Waals surface area contributed by atoms with E-state index in [0.29, 0.717) is 11.9 Å². The Morgan fingerprint density at radius 1 is 1.11 bits per heavy atom. The molecule has 0 bridgehead atoms. The maximum atomic E-state index is 4.41. The number of nitrogens with zero attached hydrogens (tertiary/aromatic N) is 2. The molecular formula is C14H18N4. The number of aromatic nitrogens is 2. The number of para-hydroxylation sites is 1. The molecule has 18 heavy (non-hydrogen) atoms. The van der Waals surface area contributed by atoms with Crippen LogP contribution >= 0.6 is 0 Å². The van der Waals surface area contributed by atoms with Crippen molar-refractivity contribution in [1.82, 2.24) is 9.97 Å². The largest absolute Gasteiger partial charge is 0.370 e. The van der Waals surface area contributed by atoms with Crippen LogP contribution in [0.3, 0.4) is 0 Å². The Labute approximate surface area is 107 Å². The van der Waals surface area contributed by atoms with Gasteiger partial charge in [-0.15, -0.1) is 0 Å². The number of hydrogen-bond donors (Lipinski definition) is 2. The minimum absolute atomic E-state index is 0.588. The molecule has 2 rings (SSSR count). The van der Waals surface area contributed by atoms with Gasteiger partial charge in [-0.1, -0.05) is 32.0 Å². The highest BCUT2D eigenvalue weighted by Crippen LogP contribution is 2.13. The summed E-state index contributed by atoms with van der Waals surface area (Å²) in [4.78, 5) is 8.61. The van der Waals surface area contributed by atoms with Crippen molar-refractivity contribution >= 4 is 17.5 Å². The Morgan fingerprint density at radius 2 is 1.89 bits per heavy atom. The van der Waals surface area contributed by atoms with Crippen LogP contribution < -0.4 is 10.6 Å². The summed E-state index contributed by atoms with van der Waals surface area (Å²) in [5.41, 5.74) is 0.985. The normalized spacial score (nSPS) is 10.4. The third-order valence-corrected chi connectivity index (χ3v) is 2.38. The van der Waals surface area contributed by atoms with Crippen LogP contribution in [-0.4, -0.2) is 16.5 Å². The van der Waals surface area contributed by atoms with E-state index < -0.39 is 0 Å². The van der Waals surface area contributed by atoms with Gasteiger partial charge in [0, 0.05) is 18.4 Å². The lowest BCUT2D eigenvalue weighted by atomic mass is 10.2. The first-order valence-corrected chi connectivity index (χ1v) is 6.13. The van der Waals surface area contributed by atoms with Gasteiger partial charge in [0.15, 0.2) is 0 Å². The van der Waals surface area contributed by atoms with Crippen molar-refractivity contribution in [3.63, 3.8) is 0 Å². The SMILES string of the molecule is CC(C)CNc1ccnc(Nc2ccccc2)n1. The van der Waals surface area contributed by atoms with E-state index in [9.17, 15) is 0 Å². The molecule has 0 amide bonds. The summed E-state index contributed by atoms with van der Waals surface area (Å²) < 4.78 is 0. The van der Waals surface area contributed by atoms with Crippen LogP contribution in [0.25, 0.3) is 0 Å². The average molecular weight is 242 g/mol. The molecule has 0 radical (unpaired) electrons. The summed E-state index contributed by atoms with van der Waals surface area (Å²) in [6.07, 6.45) is 1.75. The van der Waals surface area contributed by atoms with Crippen LogP contribution in [0.1, 0.15) is 13.8 Å². The smallest absolute Gasteiger partial charge is 0.229 e. The molecule has 0 atom stereocenters. The summed E-state index contributed by atoms with van der Waals surface area (Å²) in [7, 11) is 0. The standard InChI is InChI=1S/C14H18N4/c1-11(2)10-16-13-8-9-15-14(18-13)17-12-6-4-3-5-7-12/h3-9,11H,10H2,1-2H3,(H2,15,16,17,18). The molecule has 0 saturated heterocycles. The van der Waals surface area contributed by atoms with Gasteiger partial charge in [0.1, 0.15) is 5.82 Å². The Balaban J connectivity index is 2.03. The summed E-state index contributed by atoms with van der Waals surface area (Å²) in [6, 6.07) is 11.8. The number of anilines is 3. The Morgan fingerprint density at radius 3 is 2.61 bits per heavy atom. The third-order valence-electron chi connectivity index (χ3n) is 2.38. The van der Waals surface area contributed by atoms with Gasteiger partial charge in [0.2, 0.25) is 5.95 Å². The predicted molar refractivity (Wildman–Crippen MR) is 75.1 cm³/mol. The summed E-state index contributed by atoms with van der Waals surface area (Å²) >= 11 is 0. The molecule has 0 aliphatic heterocycles. The Bertz CT molecular complexity index is 482. The van der Waals surface area contributed by atoms with E-state index in [1.807, 2.05) is 36.4 Å². The molecule has 2 aromatic rings. The molecule has 0 spiro atoms. The lowest BCUT2D eigenvalue weighted by molar-refractivity contribution is 0.687. The first-order chi connectivity index (χ1) is 8.74. The summed E-state index contributed by atoms with van der Waals surface area (Å²) in [5.74, 6) is 2.04. The fraction of sp³-hybridized carbons (Fsp3) is 0.286. The third kappa shape index (κ3) is 3.73. The lowest BCUT2D eigenvalue weighted by Gasteiger charge is -2.09. The summed E-state index contributed by atoms with van der Waals surface area (Å²) in [6.45, 7) is 5.23. The monoisotopic (exact) mass is 242 g/mol. The van der Waals surface area contributed by atoms with Crippen LogP contribution in [-0.2, 0) is 0 Å². The maximum absolute atomic E-state index is 4.41. The number of rotatable bonds is 5. The zero-order valence-electron chi connectivity index (χ0n) is 10.7. The van der Waals surface area contributed by atoms with Crippen molar-refractivity contribution in [2.24, 2.45) is 5.92 Å². The quantitative estimate of drug-likeness (QED) is 0.844. The molecule has 4 nitrogen and oxygen atoms in total. The van der Waals surface area contributed by atoms with Crippen LogP contribution in [0, 0.1) is 5.92 Å². The molecule has 1 aromatic heterocycles. The number of hydrogen-bond acceptors (Lipinski definition) is 4. The predicted octanol–water partition coefficient (Wildman–Crippen LogP) is 3.29. The van der Waals surface area contributed by atoms with Gasteiger partial charge in [-0.05, 0) is 24.1 Å². The molecular weight excluding hydrogens is 224 g/mol. The highest BCUT2D eigenvalue weighted by molar-refractivity contribution is 5.54. The van der Waals surface area contributed by atoms with Gasteiger partial charge in [-0.3, -0.25) is 0 Å². The van der Waals surface area contributed by atoms with Crippen molar-refractivity contribution in [3.05, 3.63) is 42.6 Å². The second kappa shape index (κ2) is 6.00. The highest BCUT2D eigenvalue weighted by Gasteiger charge is 2.00. The molecule has 1 heterocycles. The summed E-state index contributed by atoms with van der Waals surface area (Å²) in [5, 5.41) is 6.45. The molecule has 1 aromatic carbocycles. The molecule has 4 heteroatoms. The average Bonchev–Trinajstić information content (AvgIpc) is 2.38. The number of nitrogens with one attached hydrogen (secondary N) is 2. The van der Waals surface area contributed by atoms with E-state index in [4.69, 9.17) is 0 Å². The fourth-order valence-electron chi connectivity index (χ4n) is 1.48. The number of benzene rings is 1. The van der Waals surface area contributed by atoms with Gasteiger partial charge < -0.3 is 10.6 Å². The molecule has 0 fully saturated rings. The van der Waals surface area contributed by atoms with Crippen molar-refractivity contribution in [2.75, 3.05) is 17.2 Å². The van der Waals surface area contributed by atoms with Crippen molar-refractivity contribution in [1.29, 1.82) is 0 Å². The Hall–Kier alpha value is -2.10. The van der Waals surface area contributed by atoms with Crippen LogP contribution in [0.15, 0.2) is 42.6 Å². The van der Waals surface area contributed by atoms with E-state index in [-0.39, 0.29) is 0 Å². The van der Waals surface area contributed by atoms with Crippen molar-refractivity contribution in [2.45, 2.75) is 13.8 Å². The van der Waals surface area contributed by atoms with Crippen LogP contribution in [0.5, 0.6) is 0 Å². The second-order valence-electron chi connectivity index (χ2n) is 4.53. The van der Waals surface area contributed by atoms with E-state index in [0.717, 1.165) is 18.1 Å². The van der Waals surface area contributed by atoms with E-state index in [1.54, 1.807) is 6.20 Å². The zero-order chi connectivity index (χ0) is 12.8. The molecule has 94 valence electrons. The van der Waals surface area contributed by atoms with E-state index in [2.05, 4.69) is 34.4 Å². The molecule has 0 saturated carbocycles. The Kier molecular flexibility index (Phi) is 4.12. The van der Waals surface area contributed by atoms with Gasteiger partial charge >= 0.3 is 0 Å². The van der Waals surface area contributed by atoms with Gasteiger partial charge in [-0.2, -0.15) is 4.98 Å². The zero-order valence-corrected chi connectivity index (χ0v) is 10.7. The van der Waals surface area contributed by atoms with Gasteiger partial charge in [0.25, 0.3) is 0 Å². The van der Waals surface area contributed by atoms with Crippen LogP contribution in [0.4, 0.5) is 17.5 Å². The van der Waals surface area contributed by atoms with Crippen LogP contribution in [0.2, 0.25) is 0 Å². The second-order valence-corrected chi connectivity index (χ2v) is 4.53. The first kappa shape index (κ1) is 12.4.